The Bertz CT molecular complexity index is 908. The Labute approximate surface area is 205 Å². The van der Waals surface area contributed by atoms with Gasteiger partial charge in [-0.15, -0.1) is 11.3 Å². The van der Waals surface area contributed by atoms with E-state index < -0.39 is 12.1 Å². The van der Waals surface area contributed by atoms with Crippen molar-refractivity contribution < 1.29 is 24.5 Å². The molecule has 4 atom stereocenters. The number of aliphatic hydroxyl groups excluding tert-OH is 1. The van der Waals surface area contributed by atoms with Crippen molar-refractivity contribution in [1.82, 2.24) is 4.90 Å². The molecule has 1 saturated heterocycles. The number of hydrogen-bond acceptors (Lipinski definition) is 6. The number of carboxylic acids is 1. The summed E-state index contributed by atoms with van der Waals surface area (Å²) in [5.41, 5.74) is 2.35. The van der Waals surface area contributed by atoms with Crippen LogP contribution in [0.4, 0.5) is 0 Å². The number of rotatable bonds is 11. The van der Waals surface area contributed by atoms with Crippen LogP contribution in [0.15, 0.2) is 53.9 Å². The second kappa shape index (κ2) is 12.6. The van der Waals surface area contributed by atoms with Crippen LogP contribution in [0, 0.1) is 5.92 Å². The summed E-state index contributed by atoms with van der Waals surface area (Å²) in [7, 11) is 0. The lowest BCUT2D eigenvalue weighted by Crippen LogP contribution is -2.50. The highest BCUT2D eigenvalue weighted by Gasteiger charge is 2.45. The molecule has 7 heteroatoms. The third-order valence-corrected chi connectivity index (χ3v) is 7.75. The Kier molecular flexibility index (Phi) is 9.30. The highest BCUT2D eigenvalue weighted by molar-refractivity contribution is 7.13. The molecule has 0 spiro atoms. The van der Waals surface area contributed by atoms with E-state index >= 15 is 0 Å². The lowest BCUT2D eigenvalue weighted by atomic mass is 9.93. The van der Waals surface area contributed by atoms with E-state index in [9.17, 15) is 9.90 Å². The lowest BCUT2D eigenvalue weighted by molar-refractivity contribution is -0.136. The second-order valence-corrected chi connectivity index (χ2v) is 10.1. The van der Waals surface area contributed by atoms with Gasteiger partial charge in [0.2, 0.25) is 0 Å². The van der Waals surface area contributed by atoms with Crippen molar-refractivity contribution in [3.8, 4) is 10.4 Å². The highest BCUT2D eigenvalue weighted by Crippen LogP contribution is 2.37. The first-order chi connectivity index (χ1) is 16.6. The van der Waals surface area contributed by atoms with E-state index in [1.807, 2.05) is 6.08 Å². The summed E-state index contributed by atoms with van der Waals surface area (Å²) in [6.45, 7) is 3.61. The van der Waals surface area contributed by atoms with Gasteiger partial charge in [0, 0.05) is 42.8 Å². The molecular weight excluding hydrogens is 450 g/mol. The van der Waals surface area contributed by atoms with Gasteiger partial charge in [0.1, 0.15) is 0 Å². The molecule has 34 heavy (non-hydrogen) atoms. The van der Waals surface area contributed by atoms with Gasteiger partial charge < -0.3 is 19.7 Å². The van der Waals surface area contributed by atoms with Crippen LogP contribution in [0.25, 0.3) is 10.4 Å². The number of hydrogen-bond donors (Lipinski definition) is 2. The first-order valence-electron chi connectivity index (χ1n) is 12.2. The van der Waals surface area contributed by atoms with Crippen molar-refractivity contribution in [3.63, 3.8) is 0 Å². The molecule has 1 aromatic heterocycles. The van der Waals surface area contributed by atoms with Crippen LogP contribution >= 0.6 is 11.3 Å². The summed E-state index contributed by atoms with van der Waals surface area (Å²) in [6, 6.07) is 12.8. The third kappa shape index (κ3) is 6.77. The first-order valence-corrected chi connectivity index (χ1v) is 13.1. The van der Waals surface area contributed by atoms with E-state index in [-0.39, 0.29) is 24.5 Å². The summed E-state index contributed by atoms with van der Waals surface area (Å²) in [5, 5.41) is 21.9. The molecule has 1 aliphatic heterocycles. The number of ether oxygens (including phenoxy) is 2. The molecule has 6 nitrogen and oxygen atoms in total. The molecule has 0 bridgehead atoms. The van der Waals surface area contributed by atoms with Gasteiger partial charge in [0.05, 0.1) is 32.0 Å². The van der Waals surface area contributed by atoms with E-state index in [2.05, 4.69) is 52.8 Å². The molecule has 1 aromatic carbocycles. The highest BCUT2D eigenvalue weighted by atomic mass is 32.1. The maximum atomic E-state index is 11.0. The van der Waals surface area contributed by atoms with Crippen molar-refractivity contribution in [2.45, 2.75) is 57.0 Å². The maximum Gasteiger partial charge on any atom is 0.303 e. The normalized spacial score (nSPS) is 25.8. The van der Waals surface area contributed by atoms with Gasteiger partial charge in [0.25, 0.3) is 0 Å². The standard InChI is InChI=1S/C27H35NO5S/c29-23-18-24(33-19-20-9-11-21(12-10-20)25-7-5-17-34-25)22(6-3-1-2-4-8-26(30)31)27(23)28-13-15-32-16-14-28/h1-2,5,7,9-12,17,22-24,27,29H,3-4,6,8,13-16,18-19H2,(H,30,31)/b2-1-/t22-,23-,24-,27+/m0/s1. The molecule has 0 radical (unpaired) electrons. The van der Waals surface area contributed by atoms with E-state index in [0.717, 1.165) is 31.5 Å². The molecule has 2 heterocycles. The monoisotopic (exact) mass is 485 g/mol. The van der Waals surface area contributed by atoms with Crippen LogP contribution in [0.1, 0.15) is 37.7 Å². The maximum absolute atomic E-state index is 11.0. The van der Waals surface area contributed by atoms with Crippen LogP contribution < -0.4 is 0 Å². The van der Waals surface area contributed by atoms with Gasteiger partial charge in [-0.2, -0.15) is 0 Å². The molecule has 4 rings (SSSR count). The Morgan fingerprint density at radius 2 is 1.91 bits per heavy atom. The van der Waals surface area contributed by atoms with Crippen LogP contribution in [-0.4, -0.2) is 65.6 Å². The topological polar surface area (TPSA) is 79.2 Å². The Morgan fingerprint density at radius 1 is 1.15 bits per heavy atom. The number of carboxylic acid groups (broad SMARTS) is 1. The predicted molar refractivity (Wildman–Crippen MR) is 134 cm³/mol. The molecule has 2 fully saturated rings. The zero-order valence-corrected chi connectivity index (χ0v) is 20.4. The van der Waals surface area contributed by atoms with E-state index in [1.54, 1.807) is 11.3 Å². The quantitative estimate of drug-likeness (QED) is 0.454. The SMILES string of the molecule is O=C(O)CC/C=C\CC[C@@H]1[C@@H](N2CCOCC2)[C@@H](O)C[C@@H]1OCc1ccc(-c2cccs2)cc1. The van der Waals surface area contributed by atoms with Gasteiger partial charge in [-0.1, -0.05) is 42.5 Å². The van der Waals surface area contributed by atoms with Gasteiger partial charge in [-0.25, -0.2) is 0 Å². The largest absolute Gasteiger partial charge is 0.481 e. The minimum atomic E-state index is -0.771. The minimum absolute atomic E-state index is 0.00719. The van der Waals surface area contributed by atoms with E-state index in [1.165, 1.54) is 10.4 Å². The molecule has 2 aromatic rings. The number of benzene rings is 1. The average molecular weight is 486 g/mol. The van der Waals surface area contributed by atoms with Gasteiger partial charge in [0.15, 0.2) is 0 Å². The van der Waals surface area contributed by atoms with Crippen molar-refractivity contribution >= 4 is 17.3 Å². The predicted octanol–water partition coefficient (Wildman–Crippen LogP) is 4.58. The molecule has 0 unspecified atom stereocenters. The minimum Gasteiger partial charge on any atom is -0.481 e. The Morgan fingerprint density at radius 3 is 2.62 bits per heavy atom. The first kappa shape index (κ1) is 25.1. The Balaban J connectivity index is 1.37. The molecule has 2 N–H and O–H groups in total. The summed E-state index contributed by atoms with van der Waals surface area (Å²) < 4.78 is 11.9. The number of morpholine rings is 1. The number of thiophene rings is 1. The van der Waals surface area contributed by atoms with Crippen LogP contribution in [0.5, 0.6) is 0 Å². The zero-order chi connectivity index (χ0) is 23.8. The van der Waals surface area contributed by atoms with Crippen LogP contribution in [0.2, 0.25) is 0 Å². The molecular formula is C27H35NO5S. The van der Waals surface area contributed by atoms with Crippen molar-refractivity contribution in [3.05, 3.63) is 59.5 Å². The summed E-state index contributed by atoms with van der Waals surface area (Å²) in [5.74, 6) is -0.546. The van der Waals surface area contributed by atoms with Crippen LogP contribution in [-0.2, 0) is 20.9 Å². The number of aliphatic hydroxyl groups is 1. The zero-order valence-electron chi connectivity index (χ0n) is 19.6. The van der Waals surface area contributed by atoms with Gasteiger partial charge >= 0.3 is 5.97 Å². The number of allylic oxidation sites excluding steroid dienone is 2. The van der Waals surface area contributed by atoms with Gasteiger partial charge in [-0.05, 0) is 41.8 Å². The smallest absolute Gasteiger partial charge is 0.303 e. The average Bonchev–Trinajstić information content (AvgIpc) is 3.49. The molecule has 184 valence electrons. The second-order valence-electron chi connectivity index (χ2n) is 9.11. The van der Waals surface area contributed by atoms with E-state index in [4.69, 9.17) is 14.6 Å². The molecule has 1 aliphatic carbocycles. The lowest BCUT2D eigenvalue weighted by Gasteiger charge is -2.38. The molecule has 2 aliphatic rings. The fourth-order valence-electron chi connectivity index (χ4n) is 5.14. The summed E-state index contributed by atoms with van der Waals surface area (Å²) in [4.78, 5) is 14.3. The number of carbonyl (C=O) groups is 1. The number of nitrogens with zero attached hydrogens (tertiary/aromatic N) is 1. The van der Waals surface area contributed by atoms with Crippen molar-refractivity contribution in [2.75, 3.05) is 26.3 Å². The fraction of sp³-hybridized carbons (Fsp3) is 0.519. The summed E-state index contributed by atoms with van der Waals surface area (Å²) in [6.07, 6.45) is 6.72. The number of aliphatic carboxylic acids is 1. The van der Waals surface area contributed by atoms with Crippen molar-refractivity contribution in [1.29, 1.82) is 0 Å². The van der Waals surface area contributed by atoms with Crippen LogP contribution in [0.3, 0.4) is 0 Å². The van der Waals surface area contributed by atoms with Crippen molar-refractivity contribution in [2.24, 2.45) is 5.92 Å². The Hall–Kier alpha value is -2.03. The molecule has 0 amide bonds. The third-order valence-electron chi connectivity index (χ3n) is 6.83. The summed E-state index contributed by atoms with van der Waals surface area (Å²) >= 11 is 1.74. The van der Waals surface area contributed by atoms with E-state index in [0.29, 0.717) is 32.7 Å². The van der Waals surface area contributed by atoms with Gasteiger partial charge in [-0.3, -0.25) is 9.69 Å². The molecule has 1 saturated carbocycles. The fourth-order valence-corrected chi connectivity index (χ4v) is 5.87.